The molecule has 140 valence electrons. The molecule has 2 aliphatic heterocycles. The molecule has 1 aromatic rings. The van der Waals surface area contributed by atoms with Crippen LogP contribution in [0.15, 0.2) is 6.20 Å². The maximum absolute atomic E-state index is 12.4. The third-order valence-corrected chi connectivity index (χ3v) is 6.23. The number of likely N-dealkylation sites (N-methyl/N-ethyl adjacent to an activating group) is 1. The minimum atomic E-state index is -0.0568. The number of nitrogens with one attached hydrogen (secondary N) is 1. The van der Waals surface area contributed by atoms with Crippen molar-refractivity contribution < 1.29 is 9.53 Å². The van der Waals surface area contributed by atoms with E-state index in [0.29, 0.717) is 15.6 Å². The minimum Gasteiger partial charge on any atom is -0.486 e. The number of ether oxygens (including phenoxy) is 1. The number of likely N-dealkylation sites (tertiary alicyclic amines) is 1. The van der Waals surface area contributed by atoms with E-state index in [9.17, 15) is 4.79 Å². The SMILES string of the molecule is COc1cnc(NC(=O)N2CCC(C)(CN3CCN(C)CC3)CC2)s1. The number of methoxy groups -OCH3 is 1. The number of amides is 2. The zero-order chi connectivity index (χ0) is 17.9. The second-order valence-electron chi connectivity index (χ2n) is 7.50. The topological polar surface area (TPSA) is 60.9 Å². The van der Waals surface area contributed by atoms with Crippen molar-refractivity contribution in [2.45, 2.75) is 19.8 Å². The Hall–Kier alpha value is -1.38. The van der Waals surface area contributed by atoms with E-state index >= 15 is 0 Å². The molecule has 2 fully saturated rings. The van der Waals surface area contributed by atoms with Gasteiger partial charge in [-0.05, 0) is 25.3 Å². The Balaban J connectivity index is 1.46. The number of hydrogen-bond donors (Lipinski definition) is 1. The Morgan fingerprint density at radius 2 is 1.96 bits per heavy atom. The van der Waals surface area contributed by atoms with Crippen molar-refractivity contribution in [3.05, 3.63) is 6.20 Å². The Morgan fingerprint density at radius 1 is 1.28 bits per heavy atom. The largest absolute Gasteiger partial charge is 0.486 e. The van der Waals surface area contributed by atoms with E-state index in [1.165, 1.54) is 11.3 Å². The molecule has 0 bridgehead atoms. The van der Waals surface area contributed by atoms with Gasteiger partial charge in [0.05, 0.1) is 13.3 Å². The Bertz CT molecular complexity index is 577. The van der Waals surface area contributed by atoms with Gasteiger partial charge in [-0.2, -0.15) is 0 Å². The average molecular weight is 368 g/mol. The first-order valence-electron chi connectivity index (χ1n) is 8.94. The number of nitrogens with zero attached hydrogens (tertiary/aromatic N) is 4. The highest BCUT2D eigenvalue weighted by Crippen LogP contribution is 2.33. The van der Waals surface area contributed by atoms with Crippen LogP contribution in [0.25, 0.3) is 0 Å². The molecule has 0 spiro atoms. The lowest BCUT2D eigenvalue weighted by Gasteiger charge is -2.43. The maximum Gasteiger partial charge on any atom is 0.323 e. The molecule has 7 nitrogen and oxygen atoms in total. The molecule has 0 saturated carbocycles. The lowest BCUT2D eigenvalue weighted by molar-refractivity contribution is 0.0646. The molecule has 2 amide bonds. The van der Waals surface area contributed by atoms with Crippen molar-refractivity contribution >= 4 is 22.5 Å². The van der Waals surface area contributed by atoms with Crippen molar-refractivity contribution in [3.63, 3.8) is 0 Å². The molecule has 25 heavy (non-hydrogen) atoms. The number of piperazine rings is 1. The van der Waals surface area contributed by atoms with Crippen LogP contribution in [0, 0.1) is 5.41 Å². The minimum absolute atomic E-state index is 0.0568. The second-order valence-corrected chi connectivity index (χ2v) is 8.49. The summed E-state index contributed by atoms with van der Waals surface area (Å²) in [6.07, 6.45) is 3.73. The van der Waals surface area contributed by atoms with Crippen molar-refractivity contribution in [1.29, 1.82) is 0 Å². The summed E-state index contributed by atoms with van der Waals surface area (Å²) in [7, 11) is 3.79. The summed E-state index contributed by atoms with van der Waals surface area (Å²) in [5.41, 5.74) is 0.303. The molecule has 8 heteroatoms. The van der Waals surface area contributed by atoms with Gasteiger partial charge in [-0.15, -0.1) is 0 Å². The van der Waals surface area contributed by atoms with E-state index in [4.69, 9.17) is 4.74 Å². The van der Waals surface area contributed by atoms with E-state index in [1.807, 2.05) is 4.90 Å². The van der Waals surface area contributed by atoms with Crippen LogP contribution < -0.4 is 10.1 Å². The van der Waals surface area contributed by atoms with Crippen LogP contribution >= 0.6 is 11.3 Å². The molecular formula is C17H29N5O2S. The molecule has 3 heterocycles. The van der Waals surface area contributed by atoms with Gasteiger partial charge in [0.25, 0.3) is 0 Å². The summed E-state index contributed by atoms with van der Waals surface area (Å²) in [5.74, 6) is 0. The van der Waals surface area contributed by atoms with Crippen LogP contribution in [0.3, 0.4) is 0 Å². The molecule has 0 unspecified atom stereocenters. The van der Waals surface area contributed by atoms with Crippen LogP contribution in [0.1, 0.15) is 19.8 Å². The van der Waals surface area contributed by atoms with Crippen molar-refractivity contribution in [2.75, 3.05) is 65.3 Å². The lowest BCUT2D eigenvalue weighted by atomic mass is 9.80. The quantitative estimate of drug-likeness (QED) is 0.882. The van der Waals surface area contributed by atoms with Crippen molar-refractivity contribution in [3.8, 4) is 5.06 Å². The highest BCUT2D eigenvalue weighted by Gasteiger charge is 2.34. The molecule has 2 saturated heterocycles. The monoisotopic (exact) mass is 367 g/mol. The first-order chi connectivity index (χ1) is 12.0. The number of hydrogen-bond acceptors (Lipinski definition) is 6. The summed E-state index contributed by atoms with van der Waals surface area (Å²) >= 11 is 1.35. The van der Waals surface area contributed by atoms with Gasteiger partial charge in [0.1, 0.15) is 0 Å². The summed E-state index contributed by atoms with van der Waals surface area (Å²) in [5, 5.41) is 4.17. The van der Waals surface area contributed by atoms with Crippen LogP contribution in [-0.4, -0.2) is 85.7 Å². The van der Waals surface area contributed by atoms with Gasteiger partial charge in [-0.25, -0.2) is 9.78 Å². The fourth-order valence-corrected chi connectivity index (χ4v) is 4.16. The van der Waals surface area contributed by atoms with E-state index in [-0.39, 0.29) is 6.03 Å². The van der Waals surface area contributed by atoms with Crippen molar-refractivity contribution in [1.82, 2.24) is 19.7 Å². The number of thiazole rings is 1. The van der Waals surface area contributed by atoms with Gasteiger partial charge in [-0.3, -0.25) is 5.32 Å². The average Bonchev–Trinajstić information content (AvgIpc) is 3.05. The molecule has 0 aromatic carbocycles. The van der Waals surface area contributed by atoms with E-state index in [0.717, 1.165) is 58.7 Å². The third kappa shape index (κ3) is 4.83. The lowest BCUT2D eigenvalue weighted by Crippen LogP contribution is -2.51. The Labute approximate surface area is 153 Å². The predicted octanol–water partition coefficient (Wildman–Crippen LogP) is 2.03. The first kappa shape index (κ1) is 18.4. The third-order valence-electron chi connectivity index (χ3n) is 5.36. The standard InChI is InChI=1S/C17H29N5O2S/c1-17(13-21-10-8-20(2)9-11-21)4-6-22(7-5-17)16(23)19-15-18-12-14(24-3)25-15/h12H,4-11,13H2,1-3H3,(H,18,19,23). The highest BCUT2D eigenvalue weighted by molar-refractivity contribution is 7.17. The van der Waals surface area contributed by atoms with Gasteiger partial charge in [-0.1, -0.05) is 18.3 Å². The molecular weight excluding hydrogens is 338 g/mol. The normalized spacial score (nSPS) is 22.0. The Kier molecular flexibility index (Phi) is 5.81. The molecule has 3 rings (SSSR count). The number of urea groups is 1. The molecule has 0 aliphatic carbocycles. The van der Waals surface area contributed by atoms with Gasteiger partial charge in [0, 0.05) is 45.8 Å². The van der Waals surface area contributed by atoms with E-state index in [2.05, 4.69) is 34.1 Å². The number of piperidine rings is 1. The number of aromatic nitrogens is 1. The molecule has 0 atom stereocenters. The van der Waals surface area contributed by atoms with Crippen LogP contribution in [0.4, 0.5) is 9.93 Å². The van der Waals surface area contributed by atoms with Gasteiger partial charge >= 0.3 is 6.03 Å². The van der Waals surface area contributed by atoms with Gasteiger partial charge in [0.2, 0.25) is 0 Å². The second kappa shape index (κ2) is 7.88. The predicted molar refractivity (Wildman–Crippen MR) is 101 cm³/mol. The summed E-state index contributed by atoms with van der Waals surface area (Å²) in [4.78, 5) is 23.5. The fourth-order valence-electron chi connectivity index (χ4n) is 3.54. The molecule has 0 radical (unpaired) electrons. The molecule has 2 aliphatic rings. The number of anilines is 1. The summed E-state index contributed by atoms with van der Waals surface area (Å²) in [6.45, 7) is 9.73. The molecule has 1 aromatic heterocycles. The number of carbonyl (C=O) groups is 1. The zero-order valence-corrected chi connectivity index (χ0v) is 16.3. The van der Waals surface area contributed by atoms with Crippen LogP contribution in [0.2, 0.25) is 0 Å². The molecule has 1 N–H and O–H groups in total. The van der Waals surface area contributed by atoms with Crippen molar-refractivity contribution in [2.24, 2.45) is 5.41 Å². The zero-order valence-electron chi connectivity index (χ0n) is 15.5. The number of rotatable bonds is 4. The summed E-state index contributed by atoms with van der Waals surface area (Å²) < 4.78 is 5.11. The smallest absolute Gasteiger partial charge is 0.323 e. The van der Waals surface area contributed by atoms with E-state index < -0.39 is 0 Å². The highest BCUT2D eigenvalue weighted by atomic mass is 32.1. The first-order valence-corrected chi connectivity index (χ1v) is 9.76. The van der Waals surface area contributed by atoms with Crippen LogP contribution in [0.5, 0.6) is 5.06 Å². The van der Waals surface area contributed by atoms with E-state index in [1.54, 1.807) is 13.3 Å². The Morgan fingerprint density at radius 3 is 2.56 bits per heavy atom. The fraction of sp³-hybridized carbons (Fsp3) is 0.765. The maximum atomic E-state index is 12.4. The number of carbonyl (C=O) groups excluding carboxylic acids is 1. The summed E-state index contributed by atoms with van der Waals surface area (Å²) in [6, 6.07) is -0.0568. The van der Waals surface area contributed by atoms with Gasteiger partial charge < -0.3 is 19.4 Å². The van der Waals surface area contributed by atoms with Crippen LogP contribution in [-0.2, 0) is 0 Å². The van der Waals surface area contributed by atoms with Gasteiger partial charge in [0.15, 0.2) is 10.2 Å².